The zero-order valence-electron chi connectivity index (χ0n) is 8.67. The lowest BCUT2D eigenvalue weighted by atomic mass is 10.2. The van der Waals surface area contributed by atoms with Crippen LogP contribution in [0.25, 0.3) is 0 Å². The third-order valence-corrected chi connectivity index (χ3v) is 1.80. The van der Waals surface area contributed by atoms with Crippen molar-refractivity contribution in [3.63, 3.8) is 0 Å². The lowest BCUT2D eigenvalue weighted by Crippen LogP contribution is -2.48. The molecule has 16 heavy (non-hydrogen) atoms. The highest BCUT2D eigenvalue weighted by Gasteiger charge is 2.20. The van der Waals surface area contributed by atoms with Gasteiger partial charge in [0.05, 0.1) is 13.0 Å². The van der Waals surface area contributed by atoms with E-state index in [9.17, 15) is 14.4 Å². The number of amides is 3. The molecule has 1 atom stereocenters. The SMILES string of the molecule is CC(=O)NC(CC(N)=O)C(=O)NCC#CBr. The predicted octanol–water partition coefficient (Wildman–Crippen LogP) is -1.16. The fourth-order valence-corrected chi connectivity index (χ4v) is 1.08. The molecule has 0 aliphatic heterocycles. The summed E-state index contributed by atoms with van der Waals surface area (Å²) < 4.78 is 0. The minimum Gasteiger partial charge on any atom is -0.370 e. The Hall–Kier alpha value is -1.55. The number of carbonyl (C=O) groups is 3. The fraction of sp³-hybridized carbons (Fsp3) is 0.444. The van der Waals surface area contributed by atoms with Gasteiger partial charge in [-0.2, -0.15) is 0 Å². The highest BCUT2D eigenvalue weighted by molar-refractivity contribution is 9.12. The summed E-state index contributed by atoms with van der Waals surface area (Å²) in [5.74, 6) is 0.975. The predicted molar refractivity (Wildman–Crippen MR) is 61.1 cm³/mol. The second-order valence-electron chi connectivity index (χ2n) is 2.91. The second kappa shape index (κ2) is 7.70. The van der Waals surface area contributed by atoms with E-state index in [0.717, 1.165) is 0 Å². The van der Waals surface area contributed by atoms with Gasteiger partial charge < -0.3 is 16.4 Å². The van der Waals surface area contributed by atoms with Crippen molar-refractivity contribution in [1.29, 1.82) is 0 Å². The molecule has 88 valence electrons. The molecule has 4 N–H and O–H groups in total. The van der Waals surface area contributed by atoms with Gasteiger partial charge in [0.25, 0.3) is 0 Å². The van der Waals surface area contributed by atoms with E-state index >= 15 is 0 Å². The van der Waals surface area contributed by atoms with Crippen LogP contribution >= 0.6 is 15.9 Å². The number of nitrogens with one attached hydrogen (secondary N) is 2. The van der Waals surface area contributed by atoms with E-state index in [0.29, 0.717) is 0 Å². The average molecular weight is 290 g/mol. The first-order chi connectivity index (χ1) is 7.47. The zero-order chi connectivity index (χ0) is 12.6. The lowest BCUT2D eigenvalue weighted by Gasteiger charge is -2.14. The summed E-state index contributed by atoms with van der Waals surface area (Å²) in [4.78, 5) is 35.4. The van der Waals surface area contributed by atoms with Gasteiger partial charge in [-0.15, -0.1) is 0 Å². The molecule has 1 unspecified atom stereocenters. The van der Waals surface area contributed by atoms with Crippen LogP contribution in [-0.2, 0) is 14.4 Å². The van der Waals surface area contributed by atoms with Gasteiger partial charge in [-0.3, -0.25) is 14.4 Å². The average Bonchev–Trinajstić information content (AvgIpc) is 2.15. The van der Waals surface area contributed by atoms with Gasteiger partial charge in [-0.1, -0.05) is 5.92 Å². The van der Waals surface area contributed by atoms with Gasteiger partial charge >= 0.3 is 0 Å². The van der Waals surface area contributed by atoms with Gasteiger partial charge in [0.2, 0.25) is 17.7 Å². The van der Waals surface area contributed by atoms with Gasteiger partial charge in [0, 0.05) is 22.9 Å². The van der Waals surface area contributed by atoms with Gasteiger partial charge in [0.1, 0.15) is 6.04 Å². The minimum atomic E-state index is -0.952. The van der Waals surface area contributed by atoms with E-state index in [1.807, 2.05) is 0 Å². The highest BCUT2D eigenvalue weighted by atomic mass is 79.9. The Morgan fingerprint density at radius 3 is 2.50 bits per heavy atom. The molecule has 0 aromatic heterocycles. The Morgan fingerprint density at radius 1 is 1.44 bits per heavy atom. The van der Waals surface area contributed by atoms with Crippen molar-refractivity contribution in [2.45, 2.75) is 19.4 Å². The molecule has 7 heteroatoms. The van der Waals surface area contributed by atoms with Crippen LogP contribution in [0.4, 0.5) is 0 Å². The molecular weight excluding hydrogens is 278 g/mol. The Bertz CT molecular complexity index is 330. The molecule has 0 spiro atoms. The van der Waals surface area contributed by atoms with E-state index in [2.05, 4.69) is 37.3 Å². The molecule has 0 bridgehead atoms. The maximum atomic E-state index is 11.5. The standard InChI is InChI=1S/C9H12BrN3O3/c1-6(14)13-7(5-8(11)15)9(16)12-4-2-3-10/h7H,4-5H2,1H3,(H2,11,15)(H,12,16)(H,13,14). The van der Waals surface area contributed by atoms with Gasteiger partial charge in [-0.05, 0) is 4.83 Å². The van der Waals surface area contributed by atoms with Gasteiger partial charge in [0.15, 0.2) is 0 Å². The van der Waals surface area contributed by atoms with Crippen molar-refractivity contribution >= 4 is 33.7 Å². The summed E-state index contributed by atoms with van der Waals surface area (Å²) in [6.45, 7) is 1.37. The summed E-state index contributed by atoms with van der Waals surface area (Å²) in [6, 6.07) is -0.952. The summed E-state index contributed by atoms with van der Waals surface area (Å²) in [5, 5.41) is 4.76. The summed E-state index contributed by atoms with van der Waals surface area (Å²) in [6.07, 6.45) is -0.243. The largest absolute Gasteiger partial charge is 0.370 e. The van der Waals surface area contributed by atoms with Crippen LogP contribution in [0.3, 0.4) is 0 Å². The van der Waals surface area contributed by atoms with Gasteiger partial charge in [-0.25, -0.2) is 0 Å². The van der Waals surface area contributed by atoms with Crippen LogP contribution in [-0.4, -0.2) is 30.3 Å². The lowest BCUT2D eigenvalue weighted by molar-refractivity contribution is -0.130. The van der Waals surface area contributed by atoms with Crippen molar-refractivity contribution < 1.29 is 14.4 Å². The third-order valence-electron chi connectivity index (χ3n) is 1.52. The van der Waals surface area contributed by atoms with Crippen molar-refractivity contribution in [1.82, 2.24) is 10.6 Å². The monoisotopic (exact) mass is 289 g/mol. The Morgan fingerprint density at radius 2 is 2.06 bits per heavy atom. The maximum Gasteiger partial charge on any atom is 0.243 e. The number of nitrogens with two attached hydrogens (primary N) is 1. The van der Waals surface area contributed by atoms with Crippen LogP contribution in [0.1, 0.15) is 13.3 Å². The van der Waals surface area contributed by atoms with Crippen molar-refractivity contribution in [3.8, 4) is 10.8 Å². The molecule has 0 heterocycles. The summed E-state index contributed by atoms with van der Waals surface area (Å²) in [5.41, 5.74) is 4.96. The quantitative estimate of drug-likeness (QED) is 0.556. The first kappa shape index (κ1) is 14.5. The third kappa shape index (κ3) is 6.84. The maximum absolute atomic E-state index is 11.5. The van der Waals surface area contributed by atoms with Crippen LogP contribution in [0.2, 0.25) is 0 Å². The number of primary amides is 1. The van der Waals surface area contributed by atoms with E-state index in [4.69, 9.17) is 5.73 Å². The molecule has 0 aromatic rings. The van der Waals surface area contributed by atoms with Crippen molar-refractivity contribution in [2.24, 2.45) is 5.73 Å². The Labute approximate surface area is 101 Å². The smallest absolute Gasteiger partial charge is 0.243 e. The Balaban J connectivity index is 4.34. The molecule has 0 saturated heterocycles. The molecule has 0 aliphatic rings. The fourth-order valence-electron chi connectivity index (χ4n) is 0.944. The zero-order valence-corrected chi connectivity index (χ0v) is 10.3. The highest BCUT2D eigenvalue weighted by Crippen LogP contribution is 1.91. The van der Waals surface area contributed by atoms with Crippen molar-refractivity contribution in [3.05, 3.63) is 0 Å². The summed E-state index contributed by atoms with van der Waals surface area (Å²) in [7, 11) is 0. The van der Waals surface area contributed by atoms with E-state index in [1.165, 1.54) is 6.92 Å². The molecule has 0 aromatic carbocycles. The number of hydrogen-bond acceptors (Lipinski definition) is 3. The Kier molecular flexibility index (Phi) is 6.96. The van der Waals surface area contributed by atoms with Crippen molar-refractivity contribution in [2.75, 3.05) is 6.54 Å². The summed E-state index contributed by atoms with van der Waals surface area (Å²) >= 11 is 2.86. The normalized spacial score (nSPS) is 10.6. The molecule has 6 nitrogen and oxygen atoms in total. The first-order valence-corrected chi connectivity index (χ1v) is 5.18. The molecule has 0 radical (unpaired) electrons. The molecule has 0 rings (SSSR count). The van der Waals surface area contributed by atoms with E-state index in [1.54, 1.807) is 0 Å². The molecule has 0 saturated carbocycles. The van der Waals surface area contributed by atoms with Crippen LogP contribution in [0.5, 0.6) is 0 Å². The van der Waals surface area contributed by atoms with Crippen LogP contribution in [0.15, 0.2) is 0 Å². The van der Waals surface area contributed by atoms with Crippen LogP contribution in [0, 0.1) is 10.8 Å². The van der Waals surface area contributed by atoms with E-state index < -0.39 is 23.8 Å². The number of halogens is 1. The molecular formula is C9H12BrN3O3. The second-order valence-corrected chi connectivity index (χ2v) is 3.31. The number of carbonyl (C=O) groups excluding carboxylic acids is 3. The van der Waals surface area contributed by atoms with Crippen LogP contribution < -0.4 is 16.4 Å². The topological polar surface area (TPSA) is 101 Å². The number of rotatable bonds is 5. The molecule has 0 aliphatic carbocycles. The first-order valence-electron chi connectivity index (χ1n) is 4.39. The van der Waals surface area contributed by atoms with E-state index in [-0.39, 0.29) is 13.0 Å². The number of hydrogen-bond donors (Lipinski definition) is 3. The minimum absolute atomic E-state index is 0.124. The molecule has 0 fully saturated rings. The molecule has 3 amide bonds.